The minimum Gasteiger partial charge on any atom is -0.466 e. The minimum absolute atomic E-state index is 0.0838. The van der Waals surface area contributed by atoms with Gasteiger partial charge in [-0.2, -0.15) is 4.80 Å². The number of hydrogen-bond donors (Lipinski definition) is 2. The summed E-state index contributed by atoms with van der Waals surface area (Å²) in [7, 11) is 1.26. The van der Waals surface area contributed by atoms with E-state index in [4.69, 9.17) is 9.84 Å². The smallest absolute Gasteiger partial charge is 0.337 e. The van der Waals surface area contributed by atoms with E-state index in [0.717, 1.165) is 5.56 Å². The molecule has 1 aliphatic heterocycles. The van der Waals surface area contributed by atoms with Crippen LogP contribution < -0.4 is 5.32 Å². The van der Waals surface area contributed by atoms with Crippen molar-refractivity contribution in [3.05, 3.63) is 35.5 Å². The van der Waals surface area contributed by atoms with Gasteiger partial charge in [-0.3, -0.25) is 4.79 Å². The lowest BCUT2D eigenvalue weighted by atomic mass is 10.1. The second kappa shape index (κ2) is 7.96. The number of methoxy groups -OCH3 is 1. The highest BCUT2D eigenvalue weighted by molar-refractivity contribution is 6.08. The Morgan fingerprint density at radius 3 is 2.89 bits per heavy atom. The summed E-state index contributed by atoms with van der Waals surface area (Å²) in [6, 6.07) is 7.14. The molecule has 2 N–H and O–H groups in total. The van der Waals surface area contributed by atoms with Gasteiger partial charge in [0.2, 0.25) is 5.82 Å². The van der Waals surface area contributed by atoms with E-state index < -0.39 is 5.97 Å². The number of carbonyl (C=O) groups excluding carboxylic acids is 2. The number of benzene rings is 1. The number of tetrazole rings is 1. The second-order valence-corrected chi connectivity index (χ2v) is 5.80. The summed E-state index contributed by atoms with van der Waals surface area (Å²) in [6.45, 7) is 2.54. The fraction of sp³-hybridized carbons (Fsp3) is 0.353. The van der Waals surface area contributed by atoms with Gasteiger partial charge >= 0.3 is 5.97 Å². The van der Waals surface area contributed by atoms with Gasteiger partial charge < -0.3 is 20.1 Å². The standard InChI is InChI=1S/C17H20N6O4/c1-3-23-20-15(19-21-23)11-5-4-6-12(9-11)18-14-13(17(26)27-2)10-22(7-8-24)16(14)25/h4-6,9,18,24H,3,7-8,10H2,1-2H3. The molecule has 10 nitrogen and oxygen atoms in total. The number of hydrogen-bond acceptors (Lipinski definition) is 8. The average molecular weight is 372 g/mol. The molecule has 27 heavy (non-hydrogen) atoms. The number of esters is 1. The number of anilines is 1. The van der Waals surface area contributed by atoms with Crippen molar-refractivity contribution in [2.45, 2.75) is 13.5 Å². The zero-order valence-electron chi connectivity index (χ0n) is 15.0. The van der Waals surface area contributed by atoms with Crippen molar-refractivity contribution in [2.24, 2.45) is 0 Å². The van der Waals surface area contributed by atoms with E-state index in [1.165, 1.54) is 16.8 Å². The molecule has 2 heterocycles. The largest absolute Gasteiger partial charge is 0.466 e. The quantitative estimate of drug-likeness (QED) is 0.653. The molecule has 0 unspecified atom stereocenters. The number of aromatic nitrogens is 4. The van der Waals surface area contributed by atoms with Crippen molar-refractivity contribution in [1.82, 2.24) is 25.1 Å². The lowest BCUT2D eigenvalue weighted by molar-refractivity contribution is -0.136. The molecule has 0 fully saturated rings. The molecule has 1 aliphatic rings. The Morgan fingerprint density at radius 1 is 1.41 bits per heavy atom. The molecule has 10 heteroatoms. The number of amides is 1. The van der Waals surface area contributed by atoms with Gasteiger partial charge in [0.1, 0.15) is 5.70 Å². The first kappa shape index (κ1) is 18.5. The van der Waals surface area contributed by atoms with Crippen LogP contribution in [0.15, 0.2) is 35.5 Å². The molecule has 3 rings (SSSR count). The van der Waals surface area contributed by atoms with Crippen molar-refractivity contribution in [3.8, 4) is 11.4 Å². The molecule has 0 aliphatic carbocycles. The van der Waals surface area contributed by atoms with Gasteiger partial charge in [0.25, 0.3) is 5.91 Å². The Labute approximate surface area is 155 Å². The van der Waals surface area contributed by atoms with E-state index in [1.54, 1.807) is 18.2 Å². The average Bonchev–Trinajstić information content (AvgIpc) is 3.28. The molecule has 2 aromatic rings. The van der Waals surface area contributed by atoms with E-state index in [2.05, 4.69) is 20.7 Å². The number of β-amino-alcohol motifs (C(OH)–C–C–N with tert-alkyl or cyclic N) is 1. The zero-order valence-corrected chi connectivity index (χ0v) is 15.0. The van der Waals surface area contributed by atoms with Gasteiger partial charge in [-0.05, 0) is 24.3 Å². The Morgan fingerprint density at radius 2 is 2.22 bits per heavy atom. The van der Waals surface area contributed by atoms with Crippen LogP contribution in [0.2, 0.25) is 0 Å². The van der Waals surface area contributed by atoms with Crippen molar-refractivity contribution >= 4 is 17.6 Å². The third-order valence-corrected chi connectivity index (χ3v) is 4.08. The van der Waals surface area contributed by atoms with Crippen LogP contribution >= 0.6 is 0 Å². The molecule has 1 aromatic heterocycles. The summed E-state index contributed by atoms with van der Waals surface area (Å²) < 4.78 is 4.78. The first-order chi connectivity index (χ1) is 13.1. The molecule has 0 bridgehead atoms. The number of rotatable bonds is 7. The van der Waals surface area contributed by atoms with Crippen molar-refractivity contribution < 1.29 is 19.4 Å². The highest BCUT2D eigenvalue weighted by Crippen LogP contribution is 2.25. The number of aliphatic hydroxyl groups is 1. The van der Waals surface area contributed by atoms with Crippen LogP contribution in [0.25, 0.3) is 11.4 Å². The van der Waals surface area contributed by atoms with Gasteiger partial charge in [-0.1, -0.05) is 12.1 Å². The van der Waals surface area contributed by atoms with Crippen molar-refractivity contribution in [1.29, 1.82) is 0 Å². The summed E-state index contributed by atoms with van der Waals surface area (Å²) in [5, 5.41) is 24.3. The van der Waals surface area contributed by atoms with Gasteiger partial charge in [-0.15, -0.1) is 10.2 Å². The summed E-state index contributed by atoms with van der Waals surface area (Å²) in [5.74, 6) is -0.498. The van der Waals surface area contributed by atoms with Crippen LogP contribution in [0.5, 0.6) is 0 Å². The van der Waals surface area contributed by atoms with E-state index in [9.17, 15) is 9.59 Å². The van der Waals surface area contributed by atoms with Crippen LogP contribution in [0.4, 0.5) is 5.69 Å². The maximum absolute atomic E-state index is 12.6. The van der Waals surface area contributed by atoms with Crippen LogP contribution in [0, 0.1) is 0 Å². The zero-order chi connectivity index (χ0) is 19.4. The molecule has 0 saturated carbocycles. The number of aryl methyl sites for hydroxylation is 1. The predicted octanol–water partition coefficient (Wildman–Crippen LogP) is 0.0335. The normalized spacial score (nSPS) is 14.0. The summed E-state index contributed by atoms with van der Waals surface area (Å²) in [5.41, 5.74) is 1.67. The highest BCUT2D eigenvalue weighted by Gasteiger charge is 2.34. The molecule has 142 valence electrons. The molecule has 0 radical (unpaired) electrons. The first-order valence-electron chi connectivity index (χ1n) is 8.44. The van der Waals surface area contributed by atoms with Gasteiger partial charge in [0.15, 0.2) is 0 Å². The Hall–Kier alpha value is -3.27. The van der Waals surface area contributed by atoms with Gasteiger partial charge in [0, 0.05) is 17.8 Å². The van der Waals surface area contributed by atoms with E-state index >= 15 is 0 Å². The third-order valence-electron chi connectivity index (χ3n) is 4.08. The Bertz CT molecular complexity index is 891. The minimum atomic E-state index is -0.588. The van der Waals surface area contributed by atoms with E-state index in [-0.39, 0.29) is 36.9 Å². The summed E-state index contributed by atoms with van der Waals surface area (Å²) in [4.78, 5) is 27.5. The predicted molar refractivity (Wildman–Crippen MR) is 95.3 cm³/mol. The number of aliphatic hydroxyl groups excluding tert-OH is 1. The van der Waals surface area contributed by atoms with Crippen LogP contribution in [0.3, 0.4) is 0 Å². The summed E-state index contributed by atoms with van der Waals surface area (Å²) in [6.07, 6.45) is 0. The Kier molecular flexibility index (Phi) is 5.46. The van der Waals surface area contributed by atoms with Crippen LogP contribution in [-0.2, 0) is 20.9 Å². The van der Waals surface area contributed by atoms with E-state index in [0.29, 0.717) is 18.1 Å². The van der Waals surface area contributed by atoms with Crippen molar-refractivity contribution in [2.75, 3.05) is 32.1 Å². The second-order valence-electron chi connectivity index (χ2n) is 5.80. The number of nitrogens with zero attached hydrogens (tertiary/aromatic N) is 5. The highest BCUT2D eigenvalue weighted by atomic mass is 16.5. The lowest BCUT2D eigenvalue weighted by Gasteiger charge is -2.15. The lowest BCUT2D eigenvalue weighted by Crippen LogP contribution is -2.31. The van der Waals surface area contributed by atoms with Crippen LogP contribution in [0.1, 0.15) is 6.92 Å². The number of ether oxygens (including phenoxy) is 1. The maximum Gasteiger partial charge on any atom is 0.337 e. The topological polar surface area (TPSA) is 122 Å². The third kappa shape index (κ3) is 3.80. The fourth-order valence-electron chi connectivity index (χ4n) is 2.72. The molecule has 1 amide bonds. The van der Waals surface area contributed by atoms with E-state index in [1.807, 2.05) is 13.0 Å². The van der Waals surface area contributed by atoms with Gasteiger partial charge in [0.05, 0.1) is 32.4 Å². The molecule has 0 atom stereocenters. The SMILES string of the molecule is CCn1nnc(-c2cccc(NC3=C(C(=O)OC)CN(CCO)C3=O)c2)n1. The Balaban J connectivity index is 1.89. The molecule has 0 saturated heterocycles. The molecular weight excluding hydrogens is 352 g/mol. The first-order valence-corrected chi connectivity index (χ1v) is 8.44. The number of nitrogens with one attached hydrogen (secondary N) is 1. The van der Waals surface area contributed by atoms with Gasteiger partial charge in [-0.25, -0.2) is 4.79 Å². The molecule has 0 spiro atoms. The summed E-state index contributed by atoms with van der Waals surface area (Å²) >= 11 is 0. The monoisotopic (exact) mass is 372 g/mol. The molecular formula is C17H20N6O4. The van der Waals surface area contributed by atoms with Crippen LogP contribution in [-0.4, -0.2) is 68.9 Å². The molecule has 1 aromatic carbocycles. The fourth-order valence-corrected chi connectivity index (χ4v) is 2.72. The van der Waals surface area contributed by atoms with Crippen molar-refractivity contribution in [3.63, 3.8) is 0 Å². The maximum atomic E-state index is 12.6. The number of carbonyl (C=O) groups is 2.